The zero-order valence-corrected chi connectivity index (χ0v) is 6.32. The molecule has 0 aromatic heterocycles. The summed E-state index contributed by atoms with van der Waals surface area (Å²) < 4.78 is 0. The molecular weight excluding hydrogens is 136 g/mol. The van der Waals surface area contributed by atoms with Crippen molar-refractivity contribution in [3.63, 3.8) is 0 Å². The molecule has 0 fully saturated rings. The third kappa shape index (κ3) is 5.19. The molecular formula is C6H11ClN2. The van der Waals surface area contributed by atoms with Crippen molar-refractivity contribution in [2.24, 2.45) is 0 Å². The van der Waals surface area contributed by atoms with E-state index >= 15 is 0 Å². The molecule has 0 aromatic carbocycles. The predicted molar refractivity (Wildman–Crippen MR) is 40.3 cm³/mol. The largest absolute Gasteiger partial charge is 0.307 e. The highest BCUT2D eigenvalue weighted by molar-refractivity contribution is 5.85. The van der Waals surface area contributed by atoms with Crippen molar-refractivity contribution in [2.45, 2.75) is 6.92 Å². The Bertz CT molecular complexity index is 106. The van der Waals surface area contributed by atoms with Gasteiger partial charge in [-0.1, -0.05) is 6.08 Å². The van der Waals surface area contributed by atoms with Crippen molar-refractivity contribution < 1.29 is 0 Å². The van der Waals surface area contributed by atoms with Gasteiger partial charge in [-0.05, 0) is 6.92 Å². The molecule has 0 saturated heterocycles. The topological polar surface area (TPSA) is 27.0 Å². The Morgan fingerprint density at radius 2 is 2.33 bits per heavy atom. The summed E-state index contributed by atoms with van der Waals surface area (Å²) in [5.74, 6) is 0. The Labute approximate surface area is 62.2 Å². The first-order valence-electron chi connectivity index (χ1n) is 2.60. The standard InChI is InChI=1S/C6H10N2.ClH/c1-3-5-8(4-2)6-7;/h3H,1,4-5H2,2H3;1H. The summed E-state index contributed by atoms with van der Waals surface area (Å²) in [5.41, 5.74) is 0. The maximum Gasteiger partial charge on any atom is 0.179 e. The van der Waals surface area contributed by atoms with Crippen molar-refractivity contribution in [2.75, 3.05) is 13.1 Å². The molecule has 0 aliphatic rings. The molecule has 0 amide bonds. The highest BCUT2D eigenvalue weighted by Crippen LogP contribution is 1.81. The van der Waals surface area contributed by atoms with E-state index in [-0.39, 0.29) is 12.4 Å². The molecule has 0 aromatic rings. The summed E-state index contributed by atoms with van der Waals surface area (Å²) in [6.45, 7) is 6.87. The van der Waals surface area contributed by atoms with Gasteiger partial charge in [0.2, 0.25) is 0 Å². The third-order valence-electron chi connectivity index (χ3n) is 0.873. The zero-order chi connectivity index (χ0) is 6.41. The number of rotatable bonds is 3. The van der Waals surface area contributed by atoms with Crippen molar-refractivity contribution >= 4 is 12.4 Å². The Hall–Kier alpha value is -0.680. The lowest BCUT2D eigenvalue weighted by atomic mass is 10.5. The molecule has 0 spiro atoms. The van der Waals surface area contributed by atoms with E-state index in [1.165, 1.54) is 0 Å². The van der Waals surface area contributed by atoms with Gasteiger partial charge in [0.05, 0.1) is 0 Å². The van der Waals surface area contributed by atoms with Crippen LogP contribution in [0.15, 0.2) is 12.7 Å². The van der Waals surface area contributed by atoms with Gasteiger partial charge in [0.15, 0.2) is 6.19 Å². The minimum atomic E-state index is 0. The molecule has 0 N–H and O–H groups in total. The number of hydrogen-bond donors (Lipinski definition) is 0. The second-order valence-corrected chi connectivity index (χ2v) is 1.43. The van der Waals surface area contributed by atoms with Gasteiger partial charge < -0.3 is 4.90 Å². The quantitative estimate of drug-likeness (QED) is 0.342. The van der Waals surface area contributed by atoms with Crippen molar-refractivity contribution in [1.82, 2.24) is 4.90 Å². The van der Waals surface area contributed by atoms with Crippen LogP contribution in [0.4, 0.5) is 0 Å². The monoisotopic (exact) mass is 146 g/mol. The van der Waals surface area contributed by atoms with Crippen molar-refractivity contribution in [1.29, 1.82) is 5.26 Å². The fourth-order valence-corrected chi connectivity index (χ4v) is 0.396. The minimum absolute atomic E-state index is 0. The van der Waals surface area contributed by atoms with Crippen LogP contribution in [-0.4, -0.2) is 18.0 Å². The van der Waals surface area contributed by atoms with Crippen LogP contribution in [0, 0.1) is 11.5 Å². The van der Waals surface area contributed by atoms with E-state index in [1.807, 2.05) is 13.1 Å². The van der Waals surface area contributed by atoms with E-state index in [0.717, 1.165) is 6.54 Å². The predicted octanol–water partition coefficient (Wildman–Crippen LogP) is 1.40. The molecule has 0 saturated carbocycles. The smallest absolute Gasteiger partial charge is 0.179 e. The average Bonchev–Trinajstić information content (AvgIpc) is 1.83. The first kappa shape index (κ1) is 11.2. The lowest BCUT2D eigenvalue weighted by Crippen LogP contribution is -2.15. The second-order valence-electron chi connectivity index (χ2n) is 1.43. The SMILES string of the molecule is C=CCN(C#N)CC.Cl. The van der Waals surface area contributed by atoms with Crippen molar-refractivity contribution in [3.05, 3.63) is 12.7 Å². The van der Waals surface area contributed by atoms with Gasteiger partial charge in [0, 0.05) is 13.1 Å². The van der Waals surface area contributed by atoms with Gasteiger partial charge in [0.25, 0.3) is 0 Å². The Morgan fingerprint density at radius 3 is 2.44 bits per heavy atom. The molecule has 2 nitrogen and oxygen atoms in total. The van der Waals surface area contributed by atoms with Gasteiger partial charge in [-0.15, -0.1) is 19.0 Å². The average molecular weight is 147 g/mol. The van der Waals surface area contributed by atoms with E-state index < -0.39 is 0 Å². The normalized spacial score (nSPS) is 6.67. The van der Waals surface area contributed by atoms with Crippen LogP contribution in [0.3, 0.4) is 0 Å². The number of nitrogens with zero attached hydrogens (tertiary/aromatic N) is 2. The van der Waals surface area contributed by atoms with Crippen LogP contribution < -0.4 is 0 Å². The Kier molecular flexibility index (Phi) is 9.08. The van der Waals surface area contributed by atoms with Gasteiger partial charge in [-0.25, -0.2) is 0 Å². The molecule has 0 aliphatic carbocycles. The van der Waals surface area contributed by atoms with Crippen LogP contribution >= 0.6 is 12.4 Å². The van der Waals surface area contributed by atoms with E-state index in [4.69, 9.17) is 5.26 Å². The van der Waals surface area contributed by atoms with Crippen molar-refractivity contribution in [3.8, 4) is 6.19 Å². The molecule has 0 radical (unpaired) electrons. The molecule has 0 unspecified atom stereocenters. The van der Waals surface area contributed by atoms with Crippen LogP contribution in [-0.2, 0) is 0 Å². The summed E-state index contributed by atoms with van der Waals surface area (Å²) >= 11 is 0. The van der Waals surface area contributed by atoms with Crippen LogP contribution in [0.2, 0.25) is 0 Å². The fourth-order valence-electron chi connectivity index (χ4n) is 0.396. The lowest BCUT2D eigenvalue weighted by Gasteiger charge is -2.07. The Morgan fingerprint density at radius 1 is 1.78 bits per heavy atom. The van der Waals surface area contributed by atoms with Gasteiger partial charge in [0.1, 0.15) is 0 Å². The summed E-state index contributed by atoms with van der Waals surface area (Å²) in [7, 11) is 0. The summed E-state index contributed by atoms with van der Waals surface area (Å²) in [4.78, 5) is 1.62. The summed E-state index contributed by atoms with van der Waals surface area (Å²) in [6, 6.07) is 0. The first-order chi connectivity index (χ1) is 3.85. The van der Waals surface area contributed by atoms with E-state index in [0.29, 0.717) is 6.54 Å². The van der Waals surface area contributed by atoms with Crippen LogP contribution in [0.5, 0.6) is 0 Å². The number of hydrogen-bond acceptors (Lipinski definition) is 2. The highest BCUT2D eigenvalue weighted by atomic mass is 35.5. The Balaban J connectivity index is 0. The maximum atomic E-state index is 8.29. The van der Waals surface area contributed by atoms with Gasteiger partial charge in [-0.2, -0.15) is 5.26 Å². The molecule has 0 heterocycles. The molecule has 0 bridgehead atoms. The highest BCUT2D eigenvalue weighted by Gasteiger charge is 1.89. The fraction of sp³-hybridized carbons (Fsp3) is 0.500. The van der Waals surface area contributed by atoms with E-state index in [2.05, 4.69) is 6.58 Å². The summed E-state index contributed by atoms with van der Waals surface area (Å²) in [6.07, 6.45) is 3.73. The third-order valence-corrected chi connectivity index (χ3v) is 0.873. The van der Waals surface area contributed by atoms with E-state index in [1.54, 1.807) is 11.0 Å². The number of halogens is 1. The second kappa shape index (κ2) is 7.32. The van der Waals surface area contributed by atoms with Crippen LogP contribution in [0.25, 0.3) is 0 Å². The molecule has 9 heavy (non-hydrogen) atoms. The number of likely N-dealkylation sites (N-methyl/N-ethyl adjacent to an activating group) is 1. The number of nitriles is 1. The maximum absolute atomic E-state index is 8.29. The van der Waals surface area contributed by atoms with E-state index in [9.17, 15) is 0 Å². The molecule has 52 valence electrons. The molecule has 0 aliphatic heterocycles. The van der Waals surface area contributed by atoms with Crippen LogP contribution in [0.1, 0.15) is 6.92 Å². The summed E-state index contributed by atoms with van der Waals surface area (Å²) in [5, 5.41) is 8.29. The van der Waals surface area contributed by atoms with Gasteiger partial charge >= 0.3 is 0 Å². The minimum Gasteiger partial charge on any atom is -0.307 e. The molecule has 0 atom stereocenters. The molecule has 3 heteroatoms. The first-order valence-corrected chi connectivity index (χ1v) is 2.60. The molecule has 0 rings (SSSR count). The van der Waals surface area contributed by atoms with Gasteiger partial charge in [-0.3, -0.25) is 0 Å². The zero-order valence-electron chi connectivity index (χ0n) is 5.50. The lowest BCUT2D eigenvalue weighted by molar-refractivity contribution is 0.458.